The van der Waals surface area contributed by atoms with Crippen LogP contribution in [0, 0.1) is 5.92 Å². The van der Waals surface area contributed by atoms with Gasteiger partial charge in [0.05, 0.1) is 13.0 Å². The van der Waals surface area contributed by atoms with Gasteiger partial charge in [0.25, 0.3) is 0 Å². The quantitative estimate of drug-likeness (QED) is 0.785. The number of carbonyl (C=O) groups is 1. The van der Waals surface area contributed by atoms with Crippen molar-refractivity contribution in [1.82, 2.24) is 4.98 Å². The summed E-state index contributed by atoms with van der Waals surface area (Å²) in [6, 6.07) is 3.55. The number of aliphatic carboxylic acids is 1. The number of carboxylic acid groups (broad SMARTS) is 1. The van der Waals surface area contributed by atoms with Gasteiger partial charge < -0.3 is 9.84 Å². The molecule has 4 heteroatoms. The van der Waals surface area contributed by atoms with Gasteiger partial charge in [0, 0.05) is 23.9 Å². The van der Waals surface area contributed by atoms with Crippen molar-refractivity contribution in [3.63, 3.8) is 0 Å². The molecule has 1 aromatic rings. The lowest BCUT2D eigenvalue weighted by atomic mass is 10.2. The zero-order valence-corrected chi connectivity index (χ0v) is 7.80. The topological polar surface area (TPSA) is 59.4 Å². The van der Waals surface area contributed by atoms with Gasteiger partial charge in [-0.15, -0.1) is 0 Å². The van der Waals surface area contributed by atoms with Crippen molar-refractivity contribution in [2.24, 2.45) is 5.92 Å². The summed E-state index contributed by atoms with van der Waals surface area (Å²) in [6.07, 6.45) is 2.33. The van der Waals surface area contributed by atoms with Gasteiger partial charge in [0.2, 0.25) is 0 Å². The predicted molar refractivity (Wildman–Crippen MR) is 49.3 cm³/mol. The molecule has 14 heavy (non-hydrogen) atoms. The van der Waals surface area contributed by atoms with Crippen LogP contribution in [0.2, 0.25) is 0 Å². The predicted octanol–water partition coefficient (Wildman–Crippen LogP) is 1.28. The molecule has 0 saturated heterocycles. The van der Waals surface area contributed by atoms with E-state index in [4.69, 9.17) is 9.84 Å². The zero-order valence-electron chi connectivity index (χ0n) is 7.80. The molecular formula is C10H11NO3. The molecule has 4 nitrogen and oxygen atoms in total. The van der Waals surface area contributed by atoms with E-state index in [2.05, 4.69) is 4.98 Å². The lowest BCUT2D eigenvalue weighted by molar-refractivity contribution is -0.138. The monoisotopic (exact) mass is 193 g/mol. The fraction of sp³-hybridized carbons (Fsp3) is 0.400. The number of hydrogen-bond acceptors (Lipinski definition) is 3. The molecule has 1 aliphatic carbocycles. The minimum absolute atomic E-state index is 0.0719. The highest BCUT2D eigenvalue weighted by Gasteiger charge is 2.45. The fourth-order valence-electron chi connectivity index (χ4n) is 1.55. The van der Waals surface area contributed by atoms with Crippen LogP contribution in [0.25, 0.3) is 0 Å². The summed E-state index contributed by atoms with van der Waals surface area (Å²) in [6.45, 7) is 0. The van der Waals surface area contributed by atoms with Crippen LogP contribution in [0.1, 0.15) is 18.0 Å². The van der Waals surface area contributed by atoms with Gasteiger partial charge in [0.15, 0.2) is 0 Å². The van der Waals surface area contributed by atoms with Crippen LogP contribution in [-0.2, 0) is 4.79 Å². The summed E-state index contributed by atoms with van der Waals surface area (Å²) in [7, 11) is 1.58. The first-order chi connectivity index (χ1) is 6.72. The number of ether oxygens (including phenoxy) is 1. The average molecular weight is 193 g/mol. The van der Waals surface area contributed by atoms with E-state index in [0.29, 0.717) is 6.42 Å². The molecule has 0 unspecified atom stereocenters. The molecule has 1 aromatic heterocycles. The van der Waals surface area contributed by atoms with Crippen LogP contribution in [-0.4, -0.2) is 23.2 Å². The third kappa shape index (κ3) is 1.55. The number of pyridine rings is 1. The van der Waals surface area contributed by atoms with Crippen LogP contribution in [0.4, 0.5) is 0 Å². The van der Waals surface area contributed by atoms with E-state index in [-0.39, 0.29) is 11.8 Å². The maximum absolute atomic E-state index is 10.6. The number of methoxy groups -OCH3 is 1. The van der Waals surface area contributed by atoms with Gasteiger partial charge in [-0.1, -0.05) is 0 Å². The number of aromatic nitrogens is 1. The summed E-state index contributed by atoms with van der Waals surface area (Å²) < 4.78 is 5.04. The number of rotatable bonds is 3. The molecule has 1 heterocycles. The molecule has 1 saturated carbocycles. The highest BCUT2D eigenvalue weighted by Crippen LogP contribution is 2.47. The summed E-state index contributed by atoms with van der Waals surface area (Å²) >= 11 is 0. The molecule has 1 N–H and O–H groups in total. The minimum Gasteiger partial charge on any atom is -0.497 e. The normalized spacial score (nSPS) is 24.4. The van der Waals surface area contributed by atoms with Gasteiger partial charge in [-0.25, -0.2) is 0 Å². The van der Waals surface area contributed by atoms with Crippen molar-refractivity contribution < 1.29 is 14.6 Å². The summed E-state index contributed by atoms with van der Waals surface area (Å²) in [5.41, 5.74) is 0.816. The van der Waals surface area contributed by atoms with Crippen molar-refractivity contribution in [2.75, 3.05) is 7.11 Å². The van der Waals surface area contributed by atoms with Gasteiger partial charge in [-0.2, -0.15) is 0 Å². The zero-order chi connectivity index (χ0) is 10.1. The van der Waals surface area contributed by atoms with E-state index < -0.39 is 5.97 Å². The molecular weight excluding hydrogens is 182 g/mol. The Kier molecular flexibility index (Phi) is 2.11. The lowest BCUT2D eigenvalue weighted by Gasteiger charge is -2.01. The first-order valence-corrected chi connectivity index (χ1v) is 4.45. The Morgan fingerprint density at radius 1 is 1.71 bits per heavy atom. The van der Waals surface area contributed by atoms with Crippen molar-refractivity contribution in [1.29, 1.82) is 0 Å². The third-order valence-electron chi connectivity index (χ3n) is 2.48. The van der Waals surface area contributed by atoms with Gasteiger partial charge in [0.1, 0.15) is 5.75 Å². The molecule has 0 spiro atoms. The van der Waals surface area contributed by atoms with E-state index in [9.17, 15) is 4.79 Å². The van der Waals surface area contributed by atoms with Gasteiger partial charge in [-0.05, 0) is 12.5 Å². The van der Waals surface area contributed by atoms with Gasteiger partial charge >= 0.3 is 5.97 Å². The Balaban J connectivity index is 2.15. The molecule has 1 fully saturated rings. The smallest absolute Gasteiger partial charge is 0.307 e. The SMILES string of the molecule is COc1ccnc([C@H]2C[C@@H]2C(=O)O)c1. The molecule has 0 aromatic carbocycles. The standard InChI is InChI=1S/C10H11NO3/c1-14-6-2-3-11-9(4-6)7-5-8(7)10(12)13/h2-4,7-8H,5H2,1H3,(H,12,13)/t7-,8-/m0/s1. The largest absolute Gasteiger partial charge is 0.497 e. The Hall–Kier alpha value is -1.58. The Morgan fingerprint density at radius 3 is 3.07 bits per heavy atom. The summed E-state index contributed by atoms with van der Waals surface area (Å²) in [5.74, 6) is -0.192. The summed E-state index contributed by atoms with van der Waals surface area (Å²) in [4.78, 5) is 14.8. The van der Waals surface area contributed by atoms with Crippen LogP contribution in [0.5, 0.6) is 5.75 Å². The summed E-state index contributed by atoms with van der Waals surface area (Å²) in [5, 5.41) is 8.75. The maximum Gasteiger partial charge on any atom is 0.307 e. The second-order valence-corrected chi connectivity index (χ2v) is 3.41. The van der Waals surface area contributed by atoms with Crippen LogP contribution in [0.15, 0.2) is 18.3 Å². The first kappa shape index (κ1) is 8.99. The molecule has 2 rings (SSSR count). The van der Waals surface area contributed by atoms with Crippen molar-refractivity contribution in [3.05, 3.63) is 24.0 Å². The van der Waals surface area contributed by atoms with Crippen molar-refractivity contribution in [3.8, 4) is 5.75 Å². The van der Waals surface area contributed by atoms with E-state index in [1.54, 1.807) is 25.4 Å². The number of nitrogens with zero attached hydrogens (tertiary/aromatic N) is 1. The minimum atomic E-state index is -0.736. The van der Waals surface area contributed by atoms with Crippen LogP contribution in [0.3, 0.4) is 0 Å². The van der Waals surface area contributed by atoms with Crippen molar-refractivity contribution in [2.45, 2.75) is 12.3 Å². The molecule has 2 atom stereocenters. The van der Waals surface area contributed by atoms with Crippen LogP contribution < -0.4 is 4.74 Å². The average Bonchev–Trinajstić information content (AvgIpc) is 2.97. The molecule has 1 aliphatic rings. The highest BCUT2D eigenvalue weighted by molar-refractivity contribution is 5.75. The second kappa shape index (κ2) is 3.29. The second-order valence-electron chi connectivity index (χ2n) is 3.41. The Labute approximate surface area is 81.5 Å². The molecule has 0 amide bonds. The molecule has 0 aliphatic heterocycles. The van der Waals surface area contributed by atoms with E-state index in [1.165, 1.54) is 0 Å². The van der Waals surface area contributed by atoms with E-state index in [0.717, 1.165) is 11.4 Å². The number of hydrogen-bond donors (Lipinski definition) is 1. The van der Waals surface area contributed by atoms with Crippen molar-refractivity contribution >= 4 is 5.97 Å². The molecule has 0 bridgehead atoms. The lowest BCUT2D eigenvalue weighted by Crippen LogP contribution is -2.00. The fourth-order valence-corrected chi connectivity index (χ4v) is 1.55. The first-order valence-electron chi connectivity index (χ1n) is 4.45. The van der Waals surface area contributed by atoms with E-state index in [1.807, 2.05) is 0 Å². The Bertz CT molecular complexity index is 364. The molecule has 74 valence electrons. The van der Waals surface area contributed by atoms with Gasteiger partial charge in [-0.3, -0.25) is 9.78 Å². The number of carboxylic acids is 1. The maximum atomic E-state index is 10.6. The van der Waals surface area contributed by atoms with E-state index >= 15 is 0 Å². The van der Waals surface area contributed by atoms with Crippen LogP contribution >= 0.6 is 0 Å². The highest BCUT2D eigenvalue weighted by atomic mass is 16.5. The Morgan fingerprint density at radius 2 is 2.50 bits per heavy atom. The molecule has 0 radical (unpaired) electrons. The third-order valence-corrected chi connectivity index (χ3v) is 2.48.